The summed E-state index contributed by atoms with van der Waals surface area (Å²) < 4.78 is 37.7. The summed E-state index contributed by atoms with van der Waals surface area (Å²) in [6.45, 7) is 0. The summed E-state index contributed by atoms with van der Waals surface area (Å²) in [6, 6.07) is -0.909. The fraction of sp³-hybridized carbons (Fsp3) is 0. The van der Waals surface area contributed by atoms with Crippen LogP contribution < -0.4 is 0 Å². The van der Waals surface area contributed by atoms with Crippen LogP contribution in [0.5, 0.6) is 5.75 Å². The molecule has 2 heterocycles. The SMILES string of the molecule is [2H]c1nc2c([2H])c([2H])c(O)c([2H])n2c1[2H]. The van der Waals surface area contributed by atoms with E-state index in [4.69, 9.17) is 6.85 Å². The third-order valence-corrected chi connectivity index (χ3v) is 1.05. The maximum atomic E-state index is 9.33. The van der Waals surface area contributed by atoms with E-state index >= 15 is 0 Å². The molecule has 2 aromatic heterocycles. The molecule has 1 N–H and O–H groups in total. The number of fused-ring (bicyclic) bond motifs is 1. The Balaban J connectivity index is 3.07. The molecule has 0 amide bonds. The summed E-state index contributed by atoms with van der Waals surface area (Å²) in [5.74, 6) is -0.682. The topological polar surface area (TPSA) is 37.5 Å². The van der Waals surface area contributed by atoms with E-state index in [0.717, 1.165) is 4.40 Å². The molecule has 0 unspecified atom stereocenters. The van der Waals surface area contributed by atoms with Crippen molar-refractivity contribution in [3.63, 3.8) is 0 Å². The fourth-order valence-corrected chi connectivity index (χ4v) is 0.645. The highest BCUT2D eigenvalue weighted by Crippen LogP contribution is 2.08. The predicted octanol–water partition coefficient (Wildman–Crippen LogP) is 1.04. The standard InChI is InChI=1S/C7H6N2O/c10-6-1-2-7-8-3-4-9(7)5-6/h1-5,10H/i1D,2D,3D,4D,5D. The molecule has 0 aliphatic carbocycles. The van der Waals surface area contributed by atoms with Gasteiger partial charge in [0.25, 0.3) is 0 Å². The van der Waals surface area contributed by atoms with Crippen molar-refractivity contribution in [2.24, 2.45) is 0 Å². The second-order valence-electron chi connectivity index (χ2n) is 1.70. The largest absolute Gasteiger partial charge is 0.506 e. The van der Waals surface area contributed by atoms with E-state index in [0.29, 0.717) is 0 Å². The zero-order valence-electron chi connectivity index (χ0n) is 9.84. The molecule has 0 saturated heterocycles. The number of imidazole rings is 1. The van der Waals surface area contributed by atoms with Gasteiger partial charge in [0.05, 0.1) is 13.0 Å². The molecule has 3 nitrogen and oxygen atoms in total. The molecule has 0 spiro atoms. The minimum absolute atomic E-state index is 0.127. The summed E-state index contributed by atoms with van der Waals surface area (Å²) >= 11 is 0. The van der Waals surface area contributed by atoms with Gasteiger partial charge in [-0.25, -0.2) is 4.98 Å². The van der Waals surface area contributed by atoms with Gasteiger partial charge in [-0.2, -0.15) is 0 Å². The predicted molar refractivity (Wildman–Crippen MR) is 36.9 cm³/mol. The average molecular weight is 139 g/mol. The van der Waals surface area contributed by atoms with Crippen LogP contribution in [0.2, 0.25) is 0 Å². The lowest BCUT2D eigenvalue weighted by Gasteiger charge is -1.92. The zero-order chi connectivity index (χ0) is 11.3. The van der Waals surface area contributed by atoms with Gasteiger partial charge in [0.1, 0.15) is 11.4 Å². The first-order valence-electron chi connectivity index (χ1n) is 5.09. The van der Waals surface area contributed by atoms with Gasteiger partial charge in [-0.3, -0.25) is 0 Å². The molecule has 0 bridgehead atoms. The molecule has 0 aromatic carbocycles. The number of aromatic nitrogens is 2. The third kappa shape index (κ3) is 0.639. The van der Waals surface area contributed by atoms with Gasteiger partial charge < -0.3 is 9.51 Å². The summed E-state index contributed by atoms with van der Waals surface area (Å²) in [4.78, 5) is 3.58. The fourth-order valence-electron chi connectivity index (χ4n) is 0.645. The van der Waals surface area contributed by atoms with E-state index in [1.54, 1.807) is 0 Å². The van der Waals surface area contributed by atoms with Gasteiger partial charge >= 0.3 is 0 Å². The molecule has 0 aliphatic rings. The van der Waals surface area contributed by atoms with Crippen LogP contribution in [0.4, 0.5) is 0 Å². The van der Waals surface area contributed by atoms with E-state index < -0.39 is 24.0 Å². The molecule has 2 aromatic rings. The normalized spacial score (nSPS) is 17.4. The molecule has 0 aliphatic heterocycles. The second-order valence-corrected chi connectivity index (χ2v) is 1.70. The lowest BCUT2D eigenvalue weighted by molar-refractivity contribution is 0.472. The summed E-state index contributed by atoms with van der Waals surface area (Å²) in [5, 5.41) is 9.33. The lowest BCUT2D eigenvalue weighted by Crippen LogP contribution is -1.79. The lowest BCUT2D eigenvalue weighted by atomic mass is 10.4. The number of nitrogens with zero attached hydrogens (tertiary/aromatic N) is 2. The van der Waals surface area contributed by atoms with E-state index in [-0.39, 0.29) is 18.0 Å². The van der Waals surface area contributed by atoms with Crippen LogP contribution >= 0.6 is 0 Å². The van der Waals surface area contributed by atoms with E-state index in [1.807, 2.05) is 0 Å². The van der Waals surface area contributed by atoms with Crippen LogP contribution in [0.1, 0.15) is 6.85 Å². The highest BCUT2D eigenvalue weighted by atomic mass is 16.3. The van der Waals surface area contributed by atoms with Crippen LogP contribution in [0, 0.1) is 0 Å². The molecule has 0 saturated carbocycles. The Bertz CT molecular complexity index is 564. The van der Waals surface area contributed by atoms with E-state index in [2.05, 4.69) is 4.98 Å². The maximum Gasteiger partial charge on any atom is 0.136 e. The van der Waals surface area contributed by atoms with Gasteiger partial charge in [-0.1, -0.05) is 0 Å². The molecule has 0 radical (unpaired) electrons. The monoisotopic (exact) mass is 139 g/mol. The Morgan fingerprint density at radius 1 is 1.60 bits per heavy atom. The maximum absolute atomic E-state index is 9.33. The number of hydrogen-bond donors (Lipinski definition) is 1. The van der Waals surface area contributed by atoms with Crippen molar-refractivity contribution in [1.82, 2.24) is 9.38 Å². The van der Waals surface area contributed by atoms with Crippen LogP contribution in [0.15, 0.2) is 30.6 Å². The highest BCUT2D eigenvalue weighted by Gasteiger charge is 1.91. The van der Waals surface area contributed by atoms with Crippen molar-refractivity contribution >= 4 is 5.65 Å². The van der Waals surface area contributed by atoms with Crippen molar-refractivity contribution in [2.45, 2.75) is 0 Å². The summed E-state index contributed by atoms with van der Waals surface area (Å²) in [5.41, 5.74) is -0.127. The van der Waals surface area contributed by atoms with E-state index in [9.17, 15) is 5.11 Å². The van der Waals surface area contributed by atoms with Gasteiger partial charge in [-0.15, -0.1) is 0 Å². The molecule has 10 heavy (non-hydrogen) atoms. The smallest absolute Gasteiger partial charge is 0.136 e. The van der Waals surface area contributed by atoms with Crippen molar-refractivity contribution in [1.29, 1.82) is 0 Å². The quantitative estimate of drug-likeness (QED) is 0.592. The molecular formula is C7H6N2O. The highest BCUT2D eigenvalue weighted by molar-refractivity contribution is 5.40. The number of aromatic hydroxyl groups is 1. The average Bonchev–Trinajstić information content (AvgIpc) is 2.50. The molecule has 0 atom stereocenters. The van der Waals surface area contributed by atoms with Gasteiger partial charge in [0.2, 0.25) is 0 Å². The number of pyridine rings is 1. The Hall–Kier alpha value is -1.51. The van der Waals surface area contributed by atoms with Gasteiger partial charge in [0.15, 0.2) is 0 Å². The van der Waals surface area contributed by atoms with Crippen molar-refractivity contribution in [2.75, 3.05) is 0 Å². The zero-order valence-corrected chi connectivity index (χ0v) is 4.84. The van der Waals surface area contributed by atoms with Crippen LogP contribution in [-0.2, 0) is 0 Å². The Morgan fingerprint density at radius 3 is 3.40 bits per heavy atom. The number of rotatable bonds is 0. The molecule has 0 fully saturated rings. The molecule has 50 valence electrons. The molecular weight excluding hydrogens is 128 g/mol. The Kier molecular flexibility index (Phi) is 0.393. The van der Waals surface area contributed by atoms with Crippen LogP contribution in [0.25, 0.3) is 5.65 Å². The van der Waals surface area contributed by atoms with Crippen LogP contribution in [-0.4, -0.2) is 14.5 Å². The Morgan fingerprint density at radius 2 is 2.50 bits per heavy atom. The van der Waals surface area contributed by atoms with Gasteiger partial charge in [-0.05, 0) is 12.1 Å². The first-order chi connectivity index (χ1) is 6.95. The minimum Gasteiger partial charge on any atom is -0.506 e. The van der Waals surface area contributed by atoms with Crippen molar-refractivity contribution in [3.8, 4) is 5.75 Å². The first-order valence-corrected chi connectivity index (χ1v) is 2.59. The Labute approximate surface area is 64.6 Å². The summed E-state index contributed by atoms with van der Waals surface area (Å²) in [6.07, 6.45) is -1.26. The van der Waals surface area contributed by atoms with E-state index in [1.165, 1.54) is 0 Å². The summed E-state index contributed by atoms with van der Waals surface area (Å²) in [7, 11) is 0. The molecule has 3 heteroatoms. The van der Waals surface area contributed by atoms with Crippen molar-refractivity contribution < 1.29 is 12.0 Å². The van der Waals surface area contributed by atoms with Crippen LogP contribution in [0.3, 0.4) is 0 Å². The number of hydrogen-bond acceptors (Lipinski definition) is 2. The molecule has 2 rings (SSSR count). The first kappa shape index (κ1) is 2.27. The third-order valence-electron chi connectivity index (χ3n) is 1.05. The second kappa shape index (κ2) is 1.73. The minimum atomic E-state index is -0.682. The van der Waals surface area contributed by atoms with Crippen molar-refractivity contribution in [3.05, 3.63) is 30.6 Å². The van der Waals surface area contributed by atoms with Gasteiger partial charge in [0, 0.05) is 12.3 Å².